The molecule has 19 heavy (non-hydrogen) atoms. The standard InChI is InChI=1S/C14H8F3NO/c15-11-4-3-10(6-12(11)16)14-7-9(2-1-5-19)13(17)8-18-14/h1-8H. The molecule has 2 nitrogen and oxygen atoms in total. The molecule has 2 aromatic rings. The fourth-order valence-electron chi connectivity index (χ4n) is 1.54. The van der Waals surface area contributed by atoms with Gasteiger partial charge in [0, 0.05) is 11.1 Å². The Kier molecular flexibility index (Phi) is 3.75. The van der Waals surface area contributed by atoms with Gasteiger partial charge in [0.2, 0.25) is 0 Å². The van der Waals surface area contributed by atoms with Crippen LogP contribution in [0.3, 0.4) is 0 Å². The smallest absolute Gasteiger partial charge is 0.159 e. The van der Waals surface area contributed by atoms with Gasteiger partial charge in [-0.1, -0.05) is 0 Å². The second-order valence-corrected chi connectivity index (χ2v) is 3.72. The van der Waals surface area contributed by atoms with Gasteiger partial charge in [0.05, 0.1) is 11.9 Å². The zero-order chi connectivity index (χ0) is 13.8. The highest BCUT2D eigenvalue weighted by atomic mass is 19.2. The highest BCUT2D eigenvalue weighted by Gasteiger charge is 2.08. The van der Waals surface area contributed by atoms with Gasteiger partial charge in [0.15, 0.2) is 11.6 Å². The van der Waals surface area contributed by atoms with Gasteiger partial charge in [-0.25, -0.2) is 13.2 Å². The highest BCUT2D eigenvalue weighted by molar-refractivity contribution is 5.75. The lowest BCUT2D eigenvalue weighted by molar-refractivity contribution is -0.104. The maximum atomic E-state index is 13.4. The lowest BCUT2D eigenvalue weighted by Gasteiger charge is -2.04. The number of allylic oxidation sites excluding steroid dienone is 1. The van der Waals surface area contributed by atoms with Crippen molar-refractivity contribution in [2.75, 3.05) is 0 Å². The van der Waals surface area contributed by atoms with Gasteiger partial charge >= 0.3 is 0 Å². The second-order valence-electron chi connectivity index (χ2n) is 3.72. The third kappa shape index (κ3) is 2.88. The van der Waals surface area contributed by atoms with Crippen LogP contribution in [0.25, 0.3) is 17.3 Å². The number of aromatic nitrogens is 1. The molecule has 0 aliphatic rings. The molecule has 2 rings (SSSR count). The molecule has 0 aliphatic heterocycles. The number of pyridine rings is 1. The summed E-state index contributed by atoms with van der Waals surface area (Å²) in [4.78, 5) is 14.0. The Bertz CT molecular complexity index is 653. The van der Waals surface area contributed by atoms with E-state index >= 15 is 0 Å². The number of rotatable bonds is 3. The van der Waals surface area contributed by atoms with Crippen molar-refractivity contribution >= 4 is 12.4 Å². The first kappa shape index (κ1) is 13.0. The van der Waals surface area contributed by atoms with E-state index in [9.17, 15) is 18.0 Å². The van der Waals surface area contributed by atoms with E-state index in [-0.39, 0.29) is 11.3 Å². The van der Waals surface area contributed by atoms with Crippen molar-refractivity contribution < 1.29 is 18.0 Å². The molecule has 0 spiro atoms. The van der Waals surface area contributed by atoms with Crippen molar-refractivity contribution in [3.05, 3.63) is 59.6 Å². The van der Waals surface area contributed by atoms with Crippen molar-refractivity contribution in [3.8, 4) is 11.3 Å². The molecule has 0 saturated heterocycles. The summed E-state index contributed by atoms with van der Waals surface area (Å²) >= 11 is 0. The first-order valence-electron chi connectivity index (χ1n) is 5.34. The molecule has 96 valence electrons. The van der Waals surface area contributed by atoms with Gasteiger partial charge in [-0.3, -0.25) is 9.78 Å². The van der Waals surface area contributed by atoms with Crippen molar-refractivity contribution in [3.63, 3.8) is 0 Å². The van der Waals surface area contributed by atoms with Crippen molar-refractivity contribution in [1.82, 2.24) is 4.98 Å². The van der Waals surface area contributed by atoms with Crippen LogP contribution in [0.2, 0.25) is 0 Å². The first-order chi connectivity index (χ1) is 9.11. The van der Waals surface area contributed by atoms with E-state index in [0.29, 0.717) is 11.8 Å². The molecule has 1 heterocycles. The summed E-state index contributed by atoms with van der Waals surface area (Å²) in [5.74, 6) is -2.58. The number of halogens is 3. The maximum absolute atomic E-state index is 13.4. The lowest BCUT2D eigenvalue weighted by Crippen LogP contribution is -1.91. The largest absolute Gasteiger partial charge is 0.299 e. The molecule has 0 saturated carbocycles. The molecule has 0 radical (unpaired) electrons. The topological polar surface area (TPSA) is 30.0 Å². The van der Waals surface area contributed by atoms with E-state index < -0.39 is 17.5 Å². The second kappa shape index (κ2) is 5.48. The SMILES string of the molecule is O=CC=Cc1cc(-c2ccc(F)c(F)c2)ncc1F. The van der Waals surface area contributed by atoms with Gasteiger partial charge < -0.3 is 0 Å². The van der Waals surface area contributed by atoms with Crippen LogP contribution in [0, 0.1) is 17.5 Å². The molecular formula is C14H8F3NO. The fraction of sp³-hybridized carbons (Fsp3) is 0. The van der Waals surface area contributed by atoms with E-state index in [4.69, 9.17) is 0 Å². The molecule has 0 bridgehead atoms. The molecule has 0 aliphatic carbocycles. The summed E-state index contributed by atoms with van der Waals surface area (Å²) < 4.78 is 39.3. The Morgan fingerprint density at radius 1 is 1.00 bits per heavy atom. The maximum Gasteiger partial charge on any atom is 0.159 e. The van der Waals surface area contributed by atoms with E-state index in [1.54, 1.807) is 0 Å². The molecule has 5 heteroatoms. The van der Waals surface area contributed by atoms with Crippen LogP contribution in [-0.4, -0.2) is 11.3 Å². The normalized spacial score (nSPS) is 10.9. The summed E-state index contributed by atoms with van der Waals surface area (Å²) in [7, 11) is 0. The van der Waals surface area contributed by atoms with Crippen LogP contribution in [0.1, 0.15) is 5.56 Å². The van der Waals surface area contributed by atoms with Gasteiger partial charge in [0.25, 0.3) is 0 Å². The Labute approximate surface area is 107 Å². The molecule has 0 N–H and O–H groups in total. The average Bonchev–Trinajstić information content (AvgIpc) is 2.41. The number of hydrogen-bond acceptors (Lipinski definition) is 2. The number of hydrogen-bond donors (Lipinski definition) is 0. The van der Waals surface area contributed by atoms with E-state index in [1.807, 2.05) is 0 Å². The molecular weight excluding hydrogens is 255 g/mol. The Morgan fingerprint density at radius 3 is 2.47 bits per heavy atom. The summed E-state index contributed by atoms with van der Waals surface area (Å²) in [6, 6.07) is 4.63. The highest BCUT2D eigenvalue weighted by Crippen LogP contribution is 2.22. The monoisotopic (exact) mass is 263 g/mol. The van der Waals surface area contributed by atoms with Crippen LogP contribution in [0.5, 0.6) is 0 Å². The third-order valence-corrected chi connectivity index (χ3v) is 2.45. The Morgan fingerprint density at radius 2 is 1.79 bits per heavy atom. The van der Waals surface area contributed by atoms with Gasteiger partial charge in [-0.2, -0.15) is 0 Å². The van der Waals surface area contributed by atoms with Crippen LogP contribution in [0.15, 0.2) is 36.5 Å². The molecule has 0 fully saturated rings. The van der Waals surface area contributed by atoms with E-state index in [1.165, 1.54) is 18.2 Å². The Balaban J connectivity index is 2.47. The third-order valence-electron chi connectivity index (χ3n) is 2.45. The summed E-state index contributed by atoms with van der Waals surface area (Å²) in [5, 5.41) is 0. The lowest BCUT2D eigenvalue weighted by atomic mass is 10.1. The number of nitrogens with zero attached hydrogens (tertiary/aromatic N) is 1. The number of carbonyl (C=O) groups is 1. The molecule has 0 unspecified atom stereocenters. The molecule has 0 atom stereocenters. The minimum absolute atomic E-state index is 0.141. The van der Waals surface area contributed by atoms with Gasteiger partial charge in [-0.05, 0) is 36.4 Å². The summed E-state index contributed by atoms with van der Waals surface area (Å²) in [6.45, 7) is 0. The molecule has 0 amide bonds. The average molecular weight is 263 g/mol. The van der Waals surface area contributed by atoms with Gasteiger partial charge in [-0.15, -0.1) is 0 Å². The quantitative estimate of drug-likeness (QED) is 0.627. The zero-order valence-corrected chi connectivity index (χ0v) is 9.61. The fourth-order valence-corrected chi connectivity index (χ4v) is 1.54. The van der Waals surface area contributed by atoms with Crippen molar-refractivity contribution in [2.45, 2.75) is 0 Å². The van der Waals surface area contributed by atoms with Crippen molar-refractivity contribution in [1.29, 1.82) is 0 Å². The Hall–Kier alpha value is -2.43. The van der Waals surface area contributed by atoms with E-state index in [0.717, 1.165) is 24.4 Å². The van der Waals surface area contributed by atoms with Crippen molar-refractivity contribution in [2.24, 2.45) is 0 Å². The molecule has 1 aromatic heterocycles. The van der Waals surface area contributed by atoms with Crippen LogP contribution < -0.4 is 0 Å². The number of benzene rings is 1. The van der Waals surface area contributed by atoms with Crippen LogP contribution in [-0.2, 0) is 4.79 Å². The van der Waals surface area contributed by atoms with Crippen LogP contribution in [0.4, 0.5) is 13.2 Å². The zero-order valence-electron chi connectivity index (χ0n) is 9.61. The summed E-state index contributed by atoms with van der Waals surface area (Å²) in [5.41, 5.74) is 0.743. The van der Waals surface area contributed by atoms with E-state index in [2.05, 4.69) is 4.98 Å². The molecule has 1 aromatic carbocycles. The minimum atomic E-state index is -1.01. The summed E-state index contributed by atoms with van der Waals surface area (Å²) in [6.07, 6.45) is 3.87. The minimum Gasteiger partial charge on any atom is -0.299 e. The predicted octanol–water partition coefficient (Wildman–Crippen LogP) is 3.38. The first-order valence-corrected chi connectivity index (χ1v) is 5.34. The predicted molar refractivity (Wildman–Crippen MR) is 64.6 cm³/mol. The number of carbonyl (C=O) groups excluding carboxylic acids is 1. The van der Waals surface area contributed by atoms with Crippen LogP contribution >= 0.6 is 0 Å². The van der Waals surface area contributed by atoms with Gasteiger partial charge in [0.1, 0.15) is 12.1 Å². The number of aldehydes is 1.